The van der Waals surface area contributed by atoms with E-state index in [9.17, 15) is 4.79 Å². The molecule has 2 heterocycles. The lowest BCUT2D eigenvalue weighted by Crippen LogP contribution is -2.36. The molecule has 1 aliphatic rings. The van der Waals surface area contributed by atoms with Crippen molar-refractivity contribution in [3.8, 4) is 0 Å². The van der Waals surface area contributed by atoms with Crippen molar-refractivity contribution in [1.29, 1.82) is 0 Å². The number of aromatic nitrogens is 2. The molecule has 3 rings (SSSR count). The molecule has 1 N–H and O–H groups in total. The molecular weight excluding hydrogens is 274 g/mol. The van der Waals surface area contributed by atoms with Gasteiger partial charge in [0.15, 0.2) is 0 Å². The van der Waals surface area contributed by atoms with E-state index >= 15 is 0 Å². The van der Waals surface area contributed by atoms with Crippen LogP contribution in [0.1, 0.15) is 38.4 Å². The van der Waals surface area contributed by atoms with Crippen molar-refractivity contribution in [1.82, 2.24) is 14.9 Å². The molecule has 116 valence electrons. The van der Waals surface area contributed by atoms with Crippen LogP contribution in [0, 0.1) is 0 Å². The molecule has 1 aromatic carbocycles. The van der Waals surface area contributed by atoms with Gasteiger partial charge >= 0.3 is 0 Å². The number of fused-ring (bicyclic) bond motifs is 1. The van der Waals surface area contributed by atoms with E-state index in [1.165, 1.54) is 12.8 Å². The number of unbranched alkanes of at least 4 members (excludes halogenated alkanes) is 1. The van der Waals surface area contributed by atoms with Gasteiger partial charge in [-0.25, -0.2) is 4.98 Å². The van der Waals surface area contributed by atoms with Gasteiger partial charge in [-0.1, -0.05) is 44.1 Å². The van der Waals surface area contributed by atoms with Crippen LogP contribution >= 0.6 is 0 Å². The number of carbonyl (C=O) groups is 1. The molecule has 1 atom stereocenters. The highest BCUT2D eigenvalue weighted by Gasteiger charge is 2.23. The number of imidazole rings is 1. The lowest BCUT2D eigenvalue weighted by Gasteiger charge is -2.24. The number of rotatable bonds is 6. The molecule has 1 unspecified atom stereocenters. The second-order valence-corrected chi connectivity index (χ2v) is 5.88. The highest BCUT2D eigenvalue weighted by Crippen LogP contribution is 2.18. The molecule has 2 aromatic rings. The Bertz CT molecular complexity index is 641. The average molecular weight is 297 g/mol. The van der Waals surface area contributed by atoms with Gasteiger partial charge in [-0.15, -0.1) is 0 Å². The first-order valence-corrected chi connectivity index (χ1v) is 8.17. The summed E-state index contributed by atoms with van der Waals surface area (Å²) >= 11 is 0. The first kappa shape index (κ1) is 14.8. The molecule has 4 heteroatoms. The Morgan fingerprint density at radius 1 is 1.41 bits per heavy atom. The smallest absolute Gasteiger partial charge is 0.223 e. The monoisotopic (exact) mass is 297 g/mol. The summed E-state index contributed by atoms with van der Waals surface area (Å²) in [6.07, 6.45) is 8.89. The number of nitrogens with one attached hydrogen (secondary N) is 1. The molecule has 0 saturated heterocycles. The molecule has 0 spiro atoms. The fraction of sp³-hybridized carbons (Fsp3) is 0.444. The maximum atomic E-state index is 12.5. The van der Waals surface area contributed by atoms with E-state index in [-0.39, 0.29) is 5.91 Å². The SMILES string of the molecule is CCCCC1C=CCN1C(=O)CCc1nc2ccccc2[nH]1. The number of benzene rings is 1. The van der Waals surface area contributed by atoms with Crippen molar-refractivity contribution in [3.05, 3.63) is 42.2 Å². The van der Waals surface area contributed by atoms with Gasteiger partial charge in [0.2, 0.25) is 5.91 Å². The number of nitrogens with zero attached hydrogens (tertiary/aromatic N) is 2. The summed E-state index contributed by atoms with van der Waals surface area (Å²) in [7, 11) is 0. The summed E-state index contributed by atoms with van der Waals surface area (Å²) in [4.78, 5) is 22.3. The molecule has 0 fully saturated rings. The van der Waals surface area contributed by atoms with Crippen LogP contribution in [-0.4, -0.2) is 33.4 Å². The standard InChI is InChI=1S/C18H23N3O/c1-2-3-7-14-8-6-13-21(14)18(22)12-11-17-19-15-9-4-5-10-16(15)20-17/h4-6,8-10,14H,2-3,7,11-13H2,1H3,(H,19,20). The van der Waals surface area contributed by atoms with E-state index in [1.807, 2.05) is 29.2 Å². The van der Waals surface area contributed by atoms with Gasteiger partial charge in [-0.3, -0.25) is 4.79 Å². The Labute approximate surface area is 131 Å². The topological polar surface area (TPSA) is 49.0 Å². The maximum Gasteiger partial charge on any atom is 0.223 e. The Morgan fingerprint density at radius 2 is 2.27 bits per heavy atom. The molecule has 1 amide bonds. The van der Waals surface area contributed by atoms with E-state index < -0.39 is 0 Å². The number of hydrogen-bond donors (Lipinski definition) is 1. The molecule has 0 radical (unpaired) electrons. The minimum absolute atomic E-state index is 0.228. The largest absolute Gasteiger partial charge is 0.342 e. The number of aromatic amines is 1. The average Bonchev–Trinajstić information content (AvgIpc) is 3.16. The number of amides is 1. The molecule has 22 heavy (non-hydrogen) atoms. The normalized spacial score (nSPS) is 17.5. The number of H-pyrrole nitrogens is 1. The van der Waals surface area contributed by atoms with Crippen molar-refractivity contribution in [2.75, 3.05) is 6.54 Å². The Balaban J connectivity index is 1.57. The number of hydrogen-bond acceptors (Lipinski definition) is 2. The van der Waals surface area contributed by atoms with Crippen molar-refractivity contribution in [2.24, 2.45) is 0 Å². The second kappa shape index (κ2) is 6.77. The van der Waals surface area contributed by atoms with Crippen LogP contribution in [0.15, 0.2) is 36.4 Å². The van der Waals surface area contributed by atoms with Crippen LogP contribution in [-0.2, 0) is 11.2 Å². The van der Waals surface area contributed by atoms with Gasteiger partial charge < -0.3 is 9.88 Å². The second-order valence-electron chi connectivity index (χ2n) is 5.88. The van der Waals surface area contributed by atoms with Crippen LogP contribution in [0.4, 0.5) is 0 Å². The van der Waals surface area contributed by atoms with E-state index in [2.05, 4.69) is 29.0 Å². The van der Waals surface area contributed by atoms with Crippen molar-refractivity contribution in [3.63, 3.8) is 0 Å². The van der Waals surface area contributed by atoms with Gasteiger partial charge in [-0.05, 0) is 18.6 Å². The first-order chi connectivity index (χ1) is 10.8. The summed E-state index contributed by atoms with van der Waals surface area (Å²) in [6, 6.07) is 8.26. The van der Waals surface area contributed by atoms with Crippen LogP contribution in [0.5, 0.6) is 0 Å². The van der Waals surface area contributed by atoms with Gasteiger partial charge in [0.1, 0.15) is 5.82 Å². The van der Waals surface area contributed by atoms with Crippen LogP contribution in [0.25, 0.3) is 11.0 Å². The third-order valence-electron chi connectivity index (χ3n) is 4.25. The van der Waals surface area contributed by atoms with E-state index in [1.54, 1.807) is 0 Å². The Hall–Kier alpha value is -2.10. The minimum Gasteiger partial charge on any atom is -0.342 e. The summed E-state index contributed by atoms with van der Waals surface area (Å²) in [5.41, 5.74) is 2.00. The Kier molecular flexibility index (Phi) is 4.56. The zero-order valence-electron chi connectivity index (χ0n) is 13.1. The maximum absolute atomic E-state index is 12.5. The van der Waals surface area contributed by atoms with Crippen molar-refractivity contribution >= 4 is 16.9 Å². The summed E-state index contributed by atoms with van der Waals surface area (Å²) < 4.78 is 0. The zero-order chi connectivity index (χ0) is 15.4. The lowest BCUT2D eigenvalue weighted by molar-refractivity contribution is -0.131. The van der Waals surface area contributed by atoms with Crippen LogP contribution in [0.3, 0.4) is 0 Å². The fourth-order valence-corrected chi connectivity index (χ4v) is 3.02. The van der Waals surface area contributed by atoms with Gasteiger partial charge in [0, 0.05) is 19.4 Å². The molecule has 4 nitrogen and oxygen atoms in total. The van der Waals surface area contributed by atoms with E-state index in [0.29, 0.717) is 18.9 Å². The minimum atomic E-state index is 0.228. The van der Waals surface area contributed by atoms with Gasteiger partial charge in [-0.2, -0.15) is 0 Å². The highest BCUT2D eigenvalue weighted by molar-refractivity contribution is 5.78. The zero-order valence-corrected chi connectivity index (χ0v) is 13.1. The Morgan fingerprint density at radius 3 is 3.09 bits per heavy atom. The third-order valence-corrected chi connectivity index (χ3v) is 4.25. The van der Waals surface area contributed by atoms with E-state index in [4.69, 9.17) is 0 Å². The molecule has 1 aromatic heterocycles. The molecule has 0 bridgehead atoms. The summed E-state index contributed by atoms with van der Waals surface area (Å²) in [5.74, 6) is 1.12. The highest BCUT2D eigenvalue weighted by atomic mass is 16.2. The lowest BCUT2D eigenvalue weighted by atomic mass is 10.1. The quantitative estimate of drug-likeness (QED) is 0.830. The van der Waals surface area contributed by atoms with Crippen LogP contribution in [0.2, 0.25) is 0 Å². The predicted molar refractivity (Wildman–Crippen MR) is 88.6 cm³/mol. The molecule has 0 aliphatic carbocycles. The third kappa shape index (κ3) is 3.21. The number of aryl methyl sites for hydroxylation is 1. The van der Waals surface area contributed by atoms with Gasteiger partial charge in [0.05, 0.1) is 17.1 Å². The molecular formula is C18H23N3O. The fourth-order valence-electron chi connectivity index (χ4n) is 3.02. The number of carbonyl (C=O) groups excluding carboxylic acids is 1. The summed E-state index contributed by atoms with van der Waals surface area (Å²) in [6.45, 7) is 2.94. The van der Waals surface area contributed by atoms with Crippen LogP contribution < -0.4 is 0 Å². The summed E-state index contributed by atoms with van der Waals surface area (Å²) in [5, 5.41) is 0. The van der Waals surface area contributed by atoms with E-state index in [0.717, 1.165) is 29.8 Å². The predicted octanol–water partition coefficient (Wildman–Crippen LogP) is 3.45. The molecule has 1 aliphatic heterocycles. The van der Waals surface area contributed by atoms with Crippen molar-refractivity contribution in [2.45, 2.75) is 45.1 Å². The van der Waals surface area contributed by atoms with Gasteiger partial charge in [0.25, 0.3) is 0 Å². The first-order valence-electron chi connectivity index (χ1n) is 8.17. The van der Waals surface area contributed by atoms with Crippen molar-refractivity contribution < 1.29 is 4.79 Å². The molecule has 0 saturated carbocycles. The number of para-hydroxylation sites is 2.